The molecule has 0 atom stereocenters. The van der Waals surface area contributed by atoms with Gasteiger partial charge in [0.25, 0.3) is 0 Å². The van der Waals surface area contributed by atoms with Crippen LogP contribution in [0, 0.1) is 0 Å². The monoisotopic (exact) mass is 718 g/mol. The van der Waals surface area contributed by atoms with Crippen molar-refractivity contribution in [3.8, 4) is 78.4 Å². The van der Waals surface area contributed by atoms with Gasteiger partial charge in [-0.1, -0.05) is 152 Å². The minimum absolute atomic E-state index is 0.684. The molecule has 0 aliphatic carbocycles. The fraction of sp³-hybridized carbons (Fsp3) is 0. The summed E-state index contributed by atoms with van der Waals surface area (Å²) in [5.74, 6) is 0.684. The molecule has 2 heterocycles. The van der Waals surface area contributed by atoms with Crippen molar-refractivity contribution in [3.05, 3.63) is 206 Å². The molecule has 0 fully saturated rings. The maximum atomic E-state index is 5.43. The van der Waals surface area contributed by atoms with Gasteiger partial charge in [0.05, 0.1) is 11.4 Å². The Bertz CT molecular complexity index is 2900. The van der Waals surface area contributed by atoms with Gasteiger partial charge in [-0.05, 0) is 99.1 Å². The van der Waals surface area contributed by atoms with Crippen LogP contribution >= 0.6 is 11.3 Å². The second kappa shape index (κ2) is 14.1. The van der Waals surface area contributed by atoms with Crippen molar-refractivity contribution in [3.63, 3.8) is 0 Å². The smallest absolute Gasteiger partial charge is 0.160 e. The average Bonchev–Trinajstić information content (AvgIpc) is 3.66. The molecule has 10 rings (SSSR count). The van der Waals surface area contributed by atoms with Gasteiger partial charge in [0, 0.05) is 36.9 Å². The van der Waals surface area contributed by atoms with E-state index in [1.807, 2.05) is 17.4 Å². The first-order valence-electron chi connectivity index (χ1n) is 18.6. The number of fused-ring (bicyclic) bond motifs is 3. The third-order valence-corrected chi connectivity index (χ3v) is 11.4. The maximum absolute atomic E-state index is 5.43. The zero-order chi connectivity index (χ0) is 36.6. The summed E-state index contributed by atoms with van der Waals surface area (Å²) in [6, 6.07) is 73.4. The normalized spacial score (nSPS) is 11.3. The molecular formula is C52H34N2S. The van der Waals surface area contributed by atoms with E-state index in [-0.39, 0.29) is 0 Å². The van der Waals surface area contributed by atoms with Gasteiger partial charge in [-0.25, -0.2) is 9.97 Å². The average molecular weight is 719 g/mol. The van der Waals surface area contributed by atoms with Gasteiger partial charge >= 0.3 is 0 Å². The number of thiophene rings is 1. The van der Waals surface area contributed by atoms with Crippen LogP contribution < -0.4 is 0 Å². The molecule has 0 spiro atoms. The van der Waals surface area contributed by atoms with Gasteiger partial charge < -0.3 is 0 Å². The van der Waals surface area contributed by atoms with Gasteiger partial charge in [0.1, 0.15) is 0 Å². The minimum Gasteiger partial charge on any atom is -0.228 e. The van der Waals surface area contributed by atoms with Crippen LogP contribution in [-0.4, -0.2) is 9.97 Å². The van der Waals surface area contributed by atoms with Crippen molar-refractivity contribution < 1.29 is 0 Å². The molecule has 0 bridgehead atoms. The highest BCUT2D eigenvalue weighted by atomic mass is 32.1. The van der Waals surface area contributed by atoms with Crippen LogP contribution in [0.1, 0.15) is 0 Å². The minimum atomic E-state index is 0.684. The van der Waals surface area contributed by atoms with E-state index in [1.54, 1.807) is 0 Å². The van der Waals surface area contributed by atoms with Crippen LogP contribution in [-0.2, 0) is 0 Å². The first kappa shape index (κ1) is 32.7. The predicted molar refractivity (Wildman–Crippen MR) is 233 cm³/mol. The van der Waals surface area contributed by atoms with Gasteiger partial charge in [-0.15, -0.1) is 11.3 Å². The third kappa shape index (κ3) is 6.41. The van der Waals surface area contributed by atoms with Gasteiger partial charge in [-0.2, -0.15) is 0 Å². The first-order chi connectivity index (χ1) is 27.2. The summed E-state index contributed by atoms with van der Waals surface area (Å²) in [5, 5.41) is 2.58. The molecule has 0 aliphatic heterocycles. The lowest BCUT2D eigenvalue weighted by molar-refractivity contribution is 1.18. The molecule has 0 radical (unpaired) electrons. The standard InChI is InChI=1S/C52H34N2S/c1-5-16-35(17-6-1)39-28-40(36-18-7-2-8-19-36)32-44(31-39)52-53-47(38-22-11-4-12-23-38)34-48(54-52)43-30-41(37-20-9-3-10-21-37)29-42(33-43)45-25-15-27-50-51(45)46-24-13-14-26-49(46)55-50/h1-34H. The van der Waals surface area contributed by atoms with Crippen LogP contribution in [0.5, 0.6) is 0 Å². The summed E-state index contributed by atoms with van der Waals surface area (Å²) in [6.07, 6.45) is 0. The van der Waals surface area contributed by atoms with E-state index in [2.05, 4.69) is 200 Å². The van der Waals surface area contributed by atoms with E-state index < -0.39 is 0 Å². The quantitative estimate of drug-likeness (QED) is 0.164. The molecule has 2 nitrogen and oxygen atoms in total. The summed E-state index contributed by atoms with van der Waals surface area (Å²) in [5.41, 5.74) is 14.0. The number of hydrogen-bond donors (Lipinski definition) is 0. The highest BCUT2D eigenvalue weighted by Crippen LogP contribution is 2.42. The predicted octanol–water partition coefficient (Wildman–Crippen LogP) is 14.5. The number of hydrogen-bond acceptors (Lipinski definition) is 3. The number of rotatable bonds is 7. The second-order valence-corrected chi connectivity index (χ2v) is 14.9. The summed E-state index contributed by atoms with van der Waals surface area (Å²) < 4.78 is 2.58. The van der Waals surface area contributed by atoms with Crippen LogP contribution in [0.15, 0.2) is 206 Å². The molecule has 0 N–H and O–H groups in total. The molecule has 0 unspecified atom stereocenters. The van der Waals surface area contributed by atoms with Crippen molar-refractivity contribution in [2.75, 3.05) is 0 Å². The fourth-order valence-corrected chi connectivity index (χ4v) is 8.71. The molecule has 0 aliphatic rings. The van der Waals surface area contributed by atoms with Crippen LogP contribution in [0.3, 0.4) is 0 Å². The second-order valence-electron chi connectivity index (χ2n) is 13.8. The Morgan fingerprint density at radius 2 is 0.727 bits per heavy atom. The topological polar surface area (TPSA) is 25.8 Å². The zero-order valence-corrected chi connectivity index (χ0v) is 30.7. The molecule has 10 aromatic rings. The number of aromatic nitrogens is 2. The molecular weight excluding hydrogens is 685 g/mol. The number of benzene rings is 8. The first-order valence-corrected chi connectivity index (χ1v) is 19.4. The summed E-state index contributed by atoms with van der Waals surface area (Å²) in [4.78, 5) is 10.7. The van der Waals surface area contributed by atoms with Crippen molar-refractivity contribution in [2.24, 2.45) is 0 Å². The molecule has 2 aromatic heterocycles. The lowest BCUT2D eigenvalue weighted by Gasteiger charge is -2.15. The fourth-order valence-electron chi connectivity index (χ4n) is 7.58. The van der Waals surface area contributed by atoms with Crippen molar-refractivity contribution in [1.82, 2.24) is 9.97 Å². The Kier molecular flexibility index (Phi) is 8.40. The highest BCUT2D eigenvalue weighted by molar-refractivity contribution is 7.25. The highest BCUT2D eigenvalue weighted by Gasteiger charge is 2.17. The molecule has 0 saturated carbocycles. The number of nitrogens with zero attached hydrogens (tertiary/aromatic N) is 2. The van der Waals surface area contributed by atoms with E-state index in [4.69, 9.17) is 9.97 Å². The van der Waals surface area contributed by atoms with Crippen molar-refractivity contribution >= 4 is 31.5 Å². The molecule has 55 heavy (non-hydrogen) atoms. The molecule has 8 aromatic carbocycles. The largest absolute Gasteiger partial charge is 0.228 e. The van der Waals surface area contributed by atoms with Gasteiger partial charge in [0.2, 0.25) is 0 Å². The molecule has 0 amide bonds. The van der Waals surface area contributed by atoms with Crippen molar-refractivity contribution in [2.45, 2.75) is 0 Å². The van der Waals surface area contributed by atoms with Crippen LogP contribution in [0.2, 0.25) is 0 Å². The lowest BCUT2D eigenvalue weighted by atomic mass is 9.92. The third-order valence-electron chi connectivity index (χ3n) is 10.3. The summed E-state index contributed by atoms with van der Waals surface area (Å²) in [7, 11) is 0. The SMILES string of the molecule is c1ccc(-c2cc(-c3ccccc3)cc(-c3nc(-c4ccccc4)cc(-c4cc(-c5ccccc5)cc(-c5cccc6sc7ccccc7c56)c4)n3)c2)cc1. The van der Waals surface area contributed by atoms with E-state index in [0.29, 0.717) is 5.82 Å². The summed E-state index contributed by atoms with van der Waals surface area (Å²) >= 11 is 1.85. The lowest BCUT2D eigenvalue weighted by Crippen LogP contribution is -1.97. The Labute approximate surface area is 324 Å². The van der Waals surface area contributed by atoms with E-state index in [0.717, 1.165) is 67.0 Å². The van der Waals surface area contributed by atoms with Crippen LogP contribution in [0.25, 0.3) is 98.6 Å². The molecule has 258 valence electrons. The van der Waals surface area contributed by atoms with Gasteiger partial charge in [0.15, 0.2) is 5.82 Å². The Morgan fingerprint density at radius 1 is 0.291 bits per heavy atom. The van der Waals surface area contributed by atoms with Crippen LogP contribution in [0.4, 0.5) is 0 Å². The van der Waals surface area contributed by atoms with E-state index >= 15 is 0 Å². The zero-order valence-electron chi connectivity index (χ0n) is 29.9. The summed E-state index contributed by atoms with van der Waals surface area (Å²) in [6.45, 7) is 0. The Morgan fingerprint density at radius 3 is 1.33 bits per heavy atom. The Balaban J connectivity index is 1.22. The van der Waals surface area contributed by atoms with E-state index in [9.17, 15) is 0 Å². The molecule has 3 heteroatoms. The van der Waals surface area contributed by atoms with Gasteiger partial charge in [-0.3, -0.25) is 0 Å². The Hall–Kier alpha value is -6.94. The maximum Gasteiger partial charge on any atom is 0.160 e. The van der Waals surface area contributed by atoms with Crippen molar-refractivity contribution in [1.29, 1.82) is 0 Å². The van der Waals surface area contributed by atoms with E-state index in [1.165, 1.54) is 25.7 Å². The molecule has 0 saturated heterocycles.